The molecule has 0 unspecified atom stereocenters. The third kappa shape index (κ3) is 4.77. The van der Waals surface area contributed by atoms with E-state index in [4.69, 9.17) is 14.6 Å². The van der Waals surface area contributed by atoms with Crippen molar-refractivity contribution >= 4 is 5.97 Å². The molecule has 162 valence electrons. The van der Waals surface area contributed by atoms with Gasteiger partial charge in [0.1, 0.15) is 17.2 Å². The fraction of sp³-hybridized carbons (Fsp3) is 0.250. The lowest BCUT2D eigenvalue weighted by Crippen LogP contribution is -2.11. The van der Waals surface area contributed by atoms with E-state index >= 15 is 0 Å². The van der Waals surface area contributed by atoms with Crippen LogP contribution in [0.2, 0.25) is 0 Å². The molecule has 0 aliphatic heterocycles. The van der Waals surface area contributed by atoms with Gasteiger partial charge in [0.05, 0.1) is 7.11 Å². The minimum absolute atomic E-state index is 0.0144. The van der Waals surface area contributed by atoms with Gasteiger partial charge < -0.3 is 19.7 Å². The summed E-state index contributed by atoms with van der Waals surface area (Å²) in [6, 6.07) is 9.44. The smallest absolute Gasteiger partial charge is 0.341 e. The lowest BCUT2D eigenvalue weighted by Gasteiger charge is -2.17. The van der Waals surface area contributed by atoms with Crippen LogP contribution in [0.25, 0.3) is 11.3 Å². The van der Waals surface area contributed by atoms with Gasteiger partial charge >= 0.3 is 5.97 Å². The van der Waals surface area contributed by atoms with Gasteiger partial charge in [-0.1, -0.05) is 0 Å². The summed E-state index contributed by atoms with van der Waals surface area (Å²) < 4.78 is 24.2. The van der Waals surface area contributed by atoms with Gasteiger partial charge in [0.15, 0.2) is 18.2 Å². The van der Waals surface area contributed by atoms with Gasteiger partial charge in [-0.3, -0.25) is 0 Å². The lowest BCUT2D eigenvalue weighted by atomic mass is 9.93. The summed E-state index contributed by atoms with van der Waals surface area (Å²) in [5.74, 6) is -0.924. The Hall–Kier alpha value is -3.61. The highest BCUT2D eigenvalue weighted by atomic mass is 19.1. The molecule has 0 saturated heterocycles. The summed E-state index contributed by atoms with van der Waals surface area (Å²) in [6.07, 6.45) is 0.503. The molecule has 0 aliphatic carbocycles. The van der Waals surface area contributed by atoms with E-state index in [-0.39, 0.29) is 11.5 Å². The van der Waals surface area contributed by atoms with Crippen molar-refractivity contribution in [3.63, 3.8) is 0 Å². The molecule has 0 fully saturated rings. The Morgan fingerprint density at radius 2 is 1.81 bits per heavy atom. The number of aromatic nitrogens is 1. The molecule has 7 heteroatoms. The zero-order chi connectivity index (χ0) is 22.7. The predicted octanol–water partition coefficient (Wildman–Crippen LogP) is 4.58. The molecule has 1 heterocycles. The number of benzene rings is 2. The summed E-state index contributed by atoms with van der Waals surface area (Å²) in [4.78, 5) is 15.4. The van der Waals surface area contributed by atoms with Crippen molar-refractivity contribution in [3.05, 3.63) is 70.2 Å². The Morgan fingerprint density at radius 1 is 1.06 bits per heavy atom. The molecule has 0 radical (unpaired) electrons. The van der Waals surface area contributed by atoms with Crippen LogP contribution in [0.3, 0.4) is 0 Å². The number of aromatic hydroxyl groups is 1. The van der Waals surface area contributed by atoms with Gasteiger partial charge in [-0.25, -0.2) is 14.2 Å². The minimum Gasteiger partial charge on any atom is -0.506 e. The zero-order valence-corrected chi connectivity index (χ0v) is 17.8. The van der Waals surface area contributed by atoms with Crippen molar-refractivity contribution < 1.29 is 28.9 Å². The molecule has 0 spiro atoms. The van der Waals surface area contributed by atoms with E-state index in [9.17, 15) is 14.3 Å². The van der Waals surface area contributed by atoms with Crippen LogP contribution >= 0.6 is 0 Å². The molecule has 0 amide bonds. The first kappa shape index (κ1) is 22.1. The van der Waals surface area contributed by atoms with Crippen LogP contribution in [0.15, 0.2) is 36.4 Å². The Morgan fingerprint density at radius 3 is 2.48 bits per heavy atom. The molecule has 3 aromatic rings. The first-order chi connectivity index (χ1) is 14.7. The molecular weight excluding hydrogens is 401 g/mol. The highest BCUT2D eigenvalue weighted by Crippen LogP contribution is 2.33. The number of carboxylic acids is 1. The van der Waals surface area contributed by atoms with Crippen LogP contribution < -0.4 is 9.47 Å². The first-order valence-corrected chi connectivity index (χ1v) is 9.68. The molecule has 0 saturated carbocycles. The fourth-order valence-corrected chi connectivity index (χ4v) is 3.45. The molecular formula is C24H24FNO5. The summed E-state index contributed by atoms with van der Waals surface area (Å²) in [6.45, 7) is 5.37. The number of pyridine rings is 1. The monoisotopic (exact) mass is 425 g/mol. The average molecular weight is 425 g/mol. The minimum atomic E-state index is -1.03. The summed E-state index contributed by atoms with van der Waals surface area (Å²) >= 11 is 0. The maximum atomic E-state index is 13.8. The van der Waals surface area contributed by atoms with E-state index in [1.807, 2.05) is 26.8 Å². The highest BCUT2D eigenvalue weighted by Gasteiger charge is 2.16. The van der Waals surface area contributed by atoms with Crippen molar-refractivity contribution in [2.24, 2.45) is 0 Å². The zero-order valence-electron chi connectivity index (χ0n) is 17.8. The number of aryl methyl sites for hydroxylation is 1. The highest BCUT2D eigenvalue weighted by molar-refractivity contribution is 5.69. The number of aliphatic carboxylic acids is 1. The van der Waals surface area contributed by atoms with Crippen LogP contribution in [0.1, 0.15) is 27.9 Å². The molecule has 2 N–H and O–H groups in total. The third-order valence-electron chi connectivity index (χ3n) is 5.27. The van der Waals surface area contributed by atoms with Crippen molar-refractivity contribution in [1.82, 2.24) is 4.98 Å². The summed E-state index contributed by atoms with van der Waals surface area (Å²) in [5.41, 5.74) is 5.44. The van der Waals surface area contributed by atoms with E-state index in [1.54, 1.807) is 18.2 Å². The number of halogens is 1. The predicted molar refractivity (Wildman–Crippen MR) is 114 cm³/mol. The van der Waals surface area contributed by atoms with Gasteiger partial charge in [-0.05, 0) is 79.4 Å². The van der Waals surface area contributed by atoms with Crippen molar-refractivity contribution in [3.8, 4) is 28.5 Å². The van der Waals surface area contributed by atoms with Gasteiger partial charge in [0, 0.05) is 17.7 Å². The number of hydrogen-bond donors (Lipinski definition) is 2. The summed E-state index contributed by atoms with van der Waals surface area (Å²) in [5, 5.41) is 19.2. The second kappa shape index (κ2) is 9.04. The van der Waals surface area contributed by atoms with E-state index in [2.05, 4.69) is 4.98 Å². The molecule has 31 heavy (non-hydrogen) atoms. The topological polar surface area (TPSA) is 88.9 Å². The van der Waals surface area contributed by atoms with E-state index in [0.717, 1.165) is 27.9 Å². The van der Waals surface area contributed by atoms with Crippen molar-refractivity contribution in [2.75, 3.05) is 13.7 Å². The Labute approximate surface area is 179 Å². The molecule has 1 aromatic heterocycles. The third-order valence-corrected chi connectivity index (χ3v) is 5.27. The van der Waals surface area contributed by atoms with Crippen LogP contribution in [-0.4, -0.2) is 34.9 Å². The standard InChI is InChI=1S/C24H24FNO5/c1-13-9-21(31-12-23(28)29)15(3)14(2)18(13)11-17-6-8-20(27)24(26-17)16-5-7-19(25)22(10-16)30-4/h5-10,27H,11-12H2,1-4H3,(H,28,29). The molecule has 0 bridgehead atoms. The van der Waals surface area contributed by atoms with Gasteiger partial charge in [0.2, 0.25) is 0 Å². The molecule has 2 aromatic carbocycles. The van der Waals surface area contributed by atoms with Crippen LogP contribution in [-0.2, 0) is 11.2 Å². The van der Waals surface area contributed by atoms with Gasteiger partial charge in [0.25, 0.3) is 0 Å². The average Bonchev–Trinajstić information content (AvgIpc) is 2.74. The first-order valence-electron chi connectivity index (χ1n) is 9.68. The number of carbonyl (C=O) groups is 1. The van der Waals surface area contributed by atoms with Crippen molar-refractivity contribution in [1.29, 1.82) is 0 Å². The number of hydrogen-bond acceptors (Lipinski definition) is 5. The second-order valence-electron chi connectivity index (χ2n) is 7.30. The number of rotatable bonds is 7. The van der Waals surface area contributed by atoms with E-state index in [1.165, 1.54) is 19.2 Å². The molecule has 0 aliphatic rings. The SMILES string of the molecule is COc1cc(-c2nc(Cc3c(C)cc(OCC(=O)O)c(C)c3C)ccc2O)ccc1F. The summed E-state index contributed by atoms with van der Waals surface area (Å²) in [7, 11) is 1.38. The van der Waals surface area contributed by atoms with Crippen LogP contribution in [0.5, 0.6) is 17.2 Å². The fourth-order valence-electron chi connectivity index (χ4n) is 3.45. The van der Waals surface area contributed by atoms with Gasteiger partial charge in [-0.15, -0.1) is 0 Å². The maximum Gasteiger partial charge on any atom is 0.341 e. The number of nitrogens with zero attached hydrogens (tertiary/aromatic N) is 1. The molecule has 3 rings (SSSR count). The van der Waals surface area contributed by atoms with Gasteiger partial charge in [-0.2, -0.15) is 0 Å². The maximum absolute atomic E-state index is 13.8. The lowest BCUT2D eigenvalue weighted by molar-refractivity contribution is -0.139. The Balaban J connectivity index is 1.96. The second-order valence-corrected chi connectivity index (χ2v) is 7.30. The quantitative estimate of drug-likeness (QED) is 0.576. The Kier molecular flexibility index (Phi) is 6.44. The largest absolute Gasteiger partial charge is 0.506 e. The molecule has 6 nitrogen and oxygen atoms in total. The number of ether oxygens (including phenoxy) is 2. The van der Waals surface area contributed by atoms with Crippen LogP contribution in [0.4, 0.5) is 4.39 Å². The van der Waals surface area contributed by atoms with E-state index in [0.29, 0.717) is 23.4 Å². The normalized spacial score (nSPS) is 10.7. The van der Waals surface area contributed by atoms with Crippen LogP contribution in [0, 0.1) is 26.6 Å². The number of carboxylic acid groups (broad SMARTS) is 1. The van der Waals surface area contributed by atoms with E-state index < -0.39 is 18.4 Å². The number of methoxy groups -OCH3 is 1. The molecule has 0 atom stereocenters. The van der Waals surface area contributed by atoms with Crippen molar-refractivity contribution in [2.45, 2.75) is 27.2 Å². The Bertz CT molecular complexity index is 1140.